The zero-order valence-electron chi connectivity index (χ0n) is 21.1. The molecule has 1 aliphatic rings. The molecule has 3 aromatic rings. The Morgan fingerprint density at radius 1 is 1.12 bits per heavy atom. The van der Waals surface area contributed by atoms with Crippen molar-refractivity contribution in [2.75, 3.05) is 23.9 Å². The lowest BCUT2D eigenvalue weighted by Crippen LogP contribution is -2.54. The molecule has 204 valence electrons. The maximum absolute atomic E-state index is 13.2. The third-order valence-electron chi connectivity index (χ3n) is 5.61. The van der Waals surface area contributed by atoms with Gasteiger partial charge in [-0.05, 0) is 54.5 Å². The van der Waals surface area contributed by atoms with E-state index < -0.39 is 34.2 Å². The summed E-state index contributed by atoms with van der Waals surface area (Å²) in [6, 6.07) is 13.8. The SMILES string of the molecule is COc1cc(/C=C2\C(=O)NC(=O)N(c3cccc([N+](=O)[O-])c3)C2=O)cc(Cl)c1OCC(=O)Nc1cccc(C)c1. The number of urea groups is 1. The minimum Gasteiger partial charge on any atom is -0.493 e. The van der Waals surface area contributed by atoms with Gasteiger partial charge in [0.2, 0.25) is 0 Å². The molecule has 0 radical (unpaired) electrons. The maximum atomic E-state index is 13.2. The van der Waals surface area contributed by atoms with E-state index >= 15 is 0 Å². The number of amides is 5. The largest absolute Gasteiger partial charge is 0.493 e. The summed E-state index contributed by atoms with van der Waals surface area (Å²) in [6.07, 6.45) is 1.18. The van der Waals surface area contributed by atoms with Crippen molar-refractivity contribution in [2.45, 2.75) is 6.92 Å². The molecular weight excluding hydrogens is 544 g/mol. The van der Waals surface area contributed by atoms with E-state index in [1.165, 1.54) is 43.5 Å². The van der Waals surface area contributed by atoms with Crippen LogP contribution in [0.15, 0.2) is 66.2 Å². The number of aryl methyl sites for hydroxylation is 1. The molecule has 0 saturated carbocycles. The van der Waals surface area contributed by atoms with Crippen molar-refractivity contribution in [1.82, 2.24) is 5.32 Å². The zero-order chi connectivity index (χ0) is 29.0. The van der Waals surface area contributed by atoms with Gasteiger partial charge in [-0.25, -0.2) is 9.69 Å². The number of carbonyl (C=O) groups excluding carboxylic acids is 4. The van der Waals surface area contributed by atoms with Crippen LogP contribution in [0.2, 0.25) is 5.02 Å². The van der Waals surface area contributed by atoms with E-state index in [0.29, 0.717) is 10.6 Å². The molecule has 0 atom stereocenters. The number of methoxy groups -OCH3 is 1. The van der Waals surface area contributed by atoms with Crippen molar-refractivity contribution in [2.24, 2.45) is 0 Å². The van der Waals surface area contributed by atoms with Crippen LogP contribution in [0.3, 0.4) is 0 Å². The molecule has 2 N–H and O–H groups in total. The Bertz CT molecular complexity index is 1590. The molecule has 40 heavy (non-hydrogen) atoms. The first kappa shape index (κ1) is 27.8. The first-order chi connectivity index (χ1) is 19.1. The lowest BCUT2D eigenvalue weighted by atomic mass is 10.1. The number of barbiturate groups is 1. The van der Waals surface area contributed by atoms with Gasteiger partial charge in [0.25, 0.3) is 23.4 Å². The highest BCUT2D eigenvalue weighted by atomic mass is 35.5. The second-order valence-corrected chi connectivity index (χ2v) is 8.88. The topological polar surface area (TPSA) is 157 Å². The quantitative estimate of drug-likeness (QED) is 0.178. The monoisotopic (exact) mass is 564 g/mol. The first-order valence-corrected chi connectivity index (χ1v) is 12.0. The summed E-state index contributed by atoms with van der Waals surface area (Å²) in [5, 5.41) is 15.9. The Balaban J connectivity index is 1.57. The van der Waals surface area contributed by atoms with E-state index in [4.69, 9.17) is 21.1 Å². The van der Waals surface area contributed by atoms with Crippen LogP contribution >= 0.6 is 11.6 Å². The number of hydrogen-bond acceptors (Lipinski definition) is 8. The highest BCUT2D eigenvalue weighted by Crippen LogP contribution is 2.37. The van der Waals surface area contributed by atoms with Crippen LogP contribution in [0.1, 0.15) is 11.1 Å². The summed E-state index contributed by atoms with van der Waals surface area (Å²) in [7, 11) is 1.34. The molecule has 0 spiro atoms. The van der Waals surface area contributed by atoms with Crippen molar-refractivity contribution in [1.29, 1.82) is 0 Å². The van der Waals surface area contributed by atoms with E-state index in [2.05, 4.69) is 5.32 Å². The minimum absolute atomic E-state index is 0.0184. The molecule has 1 aliphatic heterocycles. The molecule has 1 fully saturated rings. The van der Waals surface area contributed by atoms with Gasteiger partial charge in [-0.2, -0.15) is 0 Å². The van der Waals surface area contributed by atoms with E-state index in [0.717, 1.165) is 11.6 Å². The highest BCUT2D eigenvalue weighted by Gasteiger charge is 2.37. The van der Waals surface area contributed by atoms with Gasteiger partial charge in [-0.1, -0.05) is 29.8 Å². The van der Waals surface area contributed by atoms with Crippen molar-refractivity contribution in [3.05, 3.63) is 92.5 Å². The van der Waals surface area contributed by atoms with Crippen LogP contribution in [0, 0.1) is 17.0 Å². The zero-order valence-corrected chi connectivity index (χ0v) is 21.9. The van der Waals surface area contributed by atoms with Crippen molar-refractivity contribution in [3.63, 3.8) is 0 Å². The number of nitro groups is 1. The lowest BCUT2D eigenvalue weighted by Gasteiger charge is -2.26. The molecule has 3 aromatic carbocycles. The highest BCUT2D eigenvalue weighted by molar-refractivity contribution is 6.39. The van der Waals surface area contributed by atoms with Crippen LogP contribution in [0.4, 0.5) is 21.9 Å². The van der Waals surface area contributed by atoms with Gasteiger partial charge in [0.15, 0.2) is 18.1 Å². The number of nitrogens with one attached hydrogen (secondary N) is 2. The molecule has 0 unspecified atom stereocenters. The van der Waals surface area contributed by atoms with Crippen molar-refractivity contribution < 1.29 is 33.6 Å². The molecule has 12 nitrogen and oxygen atoms in total. The molecular formula is C27H21ClN4O8. The summed E-state index contributed by atoms with van der Waals surface area (Å²) in [6.45, 7) is 1.51. The molecule has 13 heteroatoms. The number of hydrogen-bond donors (Lipinski definition) is 2. The fourth-order valence-corrected chi connectivity index (χ4v) is 4.10. The Morgan fingerprint density at radius 2 is 1.88 bits per heavy atom. The standard InChI is InChI=1S/C27H21ClN4O8/c1-15-5-3-6-17(9-15)29-23(33)14-40-24-21(28)11-16(12-22(24)39-2)10-20-25(34)30-27(36)31(26(20)35)18-7-4-8-19(13-18)32(37)38/h3-13H,14H2,1-2H3,(H,29,33)(H,30,34,36)/b20-10+. The van der Waals surface area contributed by atoms with Crippen molar-refractivity contribution in [3.8, 4) is 11.5 Å². The van der Waals surface area contributed by atoms with Crippen molar-refractivity contribution >= 4 is 58.5 Å². The average Bonchev–Trinajstić information content (AvgIpc) is 2.90. The van der Waals surface area contributed by atoms with Gasteiger partial charge in [-0.3, -0.25) is 29.8 Å². The number of benzene rings is 3. The fraction of sp³-hybridized carbons (Fsp3) is 0.111. The third kappa shape index (κ3) is 6.08. The Morgan fingerprint density at radius 3 is 2.58 bits per heavy atom. The smallest absolute Gasteiger partial charge is 0.335 e. The summed E-state index contributed by atoms with van der Waals surface area (Å²) < 4.78 is 10.9. The number of rotatable bonds is 8. The van der Waals surface area contributed by atoms with Gasteiger partial charge < -0.3 is 14.8 Å². The molecule has 0 aliphatic carbocycles. The average molecular weight is 565 g/mol. The minimum atomic E-state index is -1.06. The van der Waals surface area contributed by atoms with Gasteiger partial charge in [-0.15, -0.1) is 0 Å². The van der Waals surface area contributed by atoms with E-state index in [1.54, 1.807) is 18.2 Å². The maximum Gasteiger partial charge on any atom is 0.335 e. The predicted molar refractivity (Wildman–Crippen MR) is 145 cm³/mol. The Hall–Kier alpha value is -5.23. The molecule has 4 rings (SSSR count). The number of nitro benzene ring substituents is 1. The van der Waals surface area contributed by atoms with Gasteiger partial charge >= 0.3 is 6.03 Å². The number of halogens is 1. The molecule has 5 amide bonds. The molecule has 1 heterocycles. The number of non-ortho nitro benzene ring substituents is 1. The summed E-state index contributed by atoms with van der Waals surface area (Å²) >= 11 is 6.38. The third-order valence-corrected chi connectivity index (χ3v) is 5.89. The predicted octanol–water partition coefficient (Wildman–Crippen LogP) is 4.25. The van der Waals surface area contributed by atoms with E-state index in [1.807, 2.05) is 18.3 Å². The number of carbonyl (C=O) groups is 4. The van der Waals surface area contributed by atoms with Crippen LogP contribution < -0.4 is 25.0 Å². The van der Waals surface area contributed by atoms with Gasteiger partial charge in [0.1, 0.15) is 5.57 Å². The summed E-state index contributed by atoms with van der Waals surface area (Å²) in [5.74, 6) is -2.25. The molecule has 0 aromatic heterocycles. The number of ether oxygens (including phenoxy) is 2. The van der Waals surface area contributed by atoms with Crippen LogP contribution in [-0.2, 0) is 14.4 Å². The number of imide groups is 2. The first-order valence-electron chi connectivity index (χ1n) is 11.6. The molecule has 0 bridgehead atoms. The normalized spacial score (nSPS) is 14.1. The van der Waals surface area contributed by atoms with Crippen LogP contribution in [0.5, 0.6) is 11.5 Å². The summed E-state index contributed by atoms with van der Waals surface area (Å²) in [4.78, 5) is 61.6. The van der Waals surface area contributed by atoms with E-state index in [9.17, 15) is 29.3 Å². The van der Waals surface area contributed by atoms with Crippen LogP contribution in [-0.4, -0.2) is 42.4 Å². The molecule has 1 saturated heterocycles. The second-order valence-electron chi connectivity index (χ2n) is 8.48. The second kappa shape index (κ2) is 11.7. The lowest BCUT2D eigenvalue weighted by molar-refractivity contribution is -0.384. The Kier molecular flexibility index (Phi) is 8.10. The number of nitrogens with zero attached hydrogens (tertiary/aromatic N) is 2. The van der Waals surface area contributed by atoms with Gasteiger partial charge in [0, 0.05) is 17.8 Å². The van der Waals surface area contributed by atoms with Crippen LogP contribution in [0.25, 0.3) is 6.08 Å². The van der Waals surface area contributed by atoms with E-state index in [-0.39, 0.29) is 40.1 Å². The number of anilines is 2. The Labute approximate surface area is 232 Å². The van der Waals surface area contributed by atoms with Gasteiger partial charge in [0.05, 0.1) is 22.7 Å². The fourth-order valence-electron chi connectivity index (χ4n) is 3.83. The summed E-state index contributed by atoms with van der Waals surface area (Å²) in [5.41, 5.74) is 0.928.